The number of alkyl halides is 3. The number of anilines is 1. The maximum absolute atomic E-state index is 13.2. The minimum atomic E-state index is -4.71. The van der Waals surface area contributed by atoms with E-state index in [-0.39, 0.29) is 22.6 Å². The summed E-state index contributed by atoms with van der Waals surface area (Å²) in [6.45, 7) is 0. The van der Waals surface area contributed by atoms with E-state index in [9.17, 15) is 22.8 Å². The second-order valence-electron chi connectivity index (χ2n) is 8.42. The molecule has 5 rings (SSSR count). The van der Waals surface area contributed by atoms with Gasteiger partial charge >= 0.3 is 6.18 Å². The van der Waals surface area contributed by atoms with Gasteiger partial charge in [-0.2, -0.15) is 18.3 Å². The monoisotopic (exact) mass is 535 g/mol. The smallest absolute Gasteiger partial charge is 0.322 e. The number of carbonyl (C=O) groups excluding carboxylic acids is 2. The average Bonchev–Trinajstić information content (AvgIpc) is 3.33. The number of nitrogens with zero attached hydrogens (tertiary/aromatic N) is 4. The van der Waals surface area contributed by atoms with Crippen molar-refractivity contribution in [3.63, 3.8) is 0 Å². The maximum Gasteiger partial charge on any atom is 0.417 e. The van der Waals surface area contributed by atoms with E-state index in [1.165, 1.54) is 18.2 Å². The van der Waals surface area contributed by atoms with Crippen LogP contribution in [0.3, 0.4) is 0 Å². The molecule has 11 heteroatoms. The van der Waals surface area contributed by atoms with Gasteiger partial charge in [-0.1, -0.05) is 23.7 Å². The van der Waals surface area contributed by atoms with Gasteiger partial charge in [0.25, 0.3) is 5.91 Å². The van der Waals surface area contributed by atoms with E-state index in [2.05, 4.69) is 20.4 Å². The van der Waals surface area contributed by atoms with Crippen LogP contribution in [0.1, 0.15) is 31.8 Å². The Balaban J connectivity index is 1.39. The Bertz CT molecular complexity index is 1720. The molecule has 2 aromatic heterocycles. The van der Waals surface area contributed by atoms with Crippen LogP contribution in [0.5, 0.6) is 0 Å². The Morgan fingerprint density at radius 1 is 0.921 bits per heavy atom. The number of ketones is 1. The van der Waals surface area contributed by atoms with Crippen molar-refractivity contribution in [1.82, 2.24) is 19.7 Å². The molecule has 0 saturated heterocycles. The van der Waals surface area contributed by atoms with Gasteiger partial charge < -0.3 is 5.32 Å². The molecule has 1 amide bonds. The quantitative estimate of drug-likeness (QED) is 0.271. The van der Waals surface area contributed by atoms with E-state index in [0.29, 0.717) is 28.4 Å². The van der Waals surface area contributed by atoms with Crippen LogP contribution in [-0.4, -0.2) is 31.4 Å². The summed E-state index contributed by atoms with van der Waals surface area (Å²) >= 11 is 5.64. The zero-order valence-electron chi connectivity index (χ0n) is 19.6. The van der Waals surface area contributed by atoms with E-state index >= 15 is 0 Å². The Kier molecular flexibility index (Phi) is 6.41. The van der Waals surface area contributed by atoms with Gasteiger partial charge in [0.2, 0.25) is 0 Å². The highest BCUT2D eigenvalue weighted by Crippen LogP contribution is 2.35. The van der Waals surface area contributed by atoms with Gasteiger partial charge in [0.05, 0.1) is 39.7 Å². The van der Waals surface area contributed by atoms with Gasteiger partial charge in [-0.05, 0) is 48.5 Å². The minimum absolute atomic E-state index is 0.226. The third-order valence-corrected chi connectivity index (χ3v) is 6.05. The zero-order chi connectivity index (χ0) is 27.0. The summed E-state index contributed by atoms with van der Waals surface area (Å²) in [7, 11) is 1.79. The topological polar surface area (TPSA) is 89.8 Å². The predicted octanol–water partition coefficient (Wildman–Crippen LogP) is 6.19. The first kappa shape index (κ1) is 25.1. The summed E-state index contributed by atoms with van der Waals surface area (Å²) < 4.78 is 41.1. The minimum Gasteiger partial charge on any atom is -0.322 e. The van der Waals surface area contributed by atoms with Crippen LogP contribution in [-0.2, 0) is 13.2 Å². The number of halogens is 4. The summed E-state index contributed by atoms with van der Waals surface area (Å²) in [6, 6.07) is 13.9. The Morgan fingerprint density at radius 3 is 2.42 bits per heavy atom. The Hall–Kier alpha value is -4.57. The maximum atomic E-state index is 13.2. The number of fused-ring (bicyclic) bond motifs is 1. The Labute approximate surface area is 218 Å². The predicted molar refractivity (Wildman–Crippen MR) is 136 cm³/mol. The fraction of sp³-hybridized carbons (Fsp3) is 0.0741. The van der Waals surface area contributed by atoms with Crippen molar-refractivity contribution in [2.24, 2.45) is 7.05 Å². The molecule has 38 heavy (non-hydrogen) atoms. The molecule has 3 aromatic carbocycles. The normalized spacial score (nSPS) is 11.5. The molecule has 0 radical (unpaired) electrons. The SMILES string of the molecule is Cn1cc(-c2cnc3ccc(C(=O)c4cccc(NC(=O)c5ccc(Cl)c(C(F)(F)F)c5)c4)cc3n2)cn1. The van der Waals surface area contributed by atoms with Crippen molar-refractivity contribution in [1.29, 1.82) is 0 Å². The number of aryl methyl sites for hydroxylation is 1. The van der Waals surface area contributed by atoms with Gasteiger partial charge in [0.1, 0.15) is 0 Å². The number of carbonyl (C=O) groups is 2. The number of aromatic nitrogens is 4. The highest BCUT2D eigenvalue weighted by molar-refractivity contribution is 6.31. The number of hydrogen-bond donors (Lipinski definition) is 1. The van der Waals surface area contributed by atoms with Gasteiger partial charge in [0, 0.05) is 41.2 Å². The van der Waals surface area contributed by atoms with Crippen LogP contribution in [0.4, 0.5) is 18.9 Å². The fourth-order valence-corrected chi connectivity index (χ4v) is 4.06. The largest absolute Gasteiger partial charge is 0.417 e. The van der Waals surface area contributed by atoms with Crippen molar-refractivity contribution in [3.8, 4) is 11.3 Å². The molecule has 7 nitrogen and oxygen atoms in total. The molecular formula is C27H17ClF3N5O2. The number of benzene rings is 3. The first-order chi connectivity index (χ1) is 18.1. The summed E-state index contributed by atoms with van der Waals surface area (Å²) in [5.41, 5.74) is 2.04. The van der Waals surface area contributed by atoms with Crippen molar-refractivity contribution in [2.45, 2.75) is 6.18 Å². The van der Waals surface area contributed by atoms with Gasteiger partial charge in [-0.3, -0.25) is 19.3 Å². The number of hydrogen-bond acceptors (Lipinski definition) is 5. The van der Waals surface area contributed by atoms with Gasteiger partial charge in [-0.15, -0.1) is 0 Å². The first-order valence-corrected chi connectivity index (χ1v) is 11.5. The van der Waals surface area contributed by atoms with Gasteiger partial charge in [-0.25, -0.2) is 4.98 Å². The summed E-state index contributed by atoms with van der Waals surface area (Å²) in [6.07, 6.45) is 0.394. The lowest BCUT2D eigenvalue weighted by Crippen LogP contribution is -2.14. The fourth-order valence-electron chi connectivity index (χ4n) is 3.84. The molecule has 190 valence electrons. The molecule has 5 aromatic rings. The second-order valence-corrected chi connectivity index (χ2v) is 8.83. The highest BCUT2D eigenvalue weighted by Gasteiger charge is 2.33. The molecule has 0 spiro atoms. The molecule has 0 bridgehead atoms. The third kappa shape index (κ3) is 5.12. The third-order valence-electron chi connectivity index (χ3n) is 5.72. The van der Waals surface area contributed by atoms with E-state index in [1.807, 2.05) is 0 Å². The van der Waals surface area contributed by atoms with Crippen LogP contribution >= 0.6 is 11.6 Å². The lowest BCUT2D eigenvalue weighted by molar-refractivity contribution is -0.137. The number of amides is 1. The second kappa shape index (κ2) is 9.71. The molecule has 0 atom stereocenters. The summed E-state index contributed by atoms with van der Waals surface area (Å²) in [4.78, 5) is 34.9. The zero-order valence-corrected chi connectivity index (χ0v) is 20.4. The molecule has 0 aliphatic rings. The van der Waals surface area contributed by atoms with Crippen LogP contribution in [0, 0.1) is 0 Å². The lowest BCUT2D eigenvalue weighted by Gasteiger charge is -2.12. The molecule has 0 unspecified atom stereocenters. The van der Waals surface area contributed by atoms with Crippen LogP contribution in [0.15, 0.2) is 79.3 Å². The molecule has 0 saturated carbocycles. The van der Waals surface area contributed by atoms with E-state index in [1.54, 1.807) is 60.7 Å². The molecule has 0 fully saturated rings. The van der Waals surface area contributed by atoms with Crippen molar-refractivity contribution < 1.29 is 22.8 Å². The molecular weight excluding hydrogens is 519 g/mol. The lowest BCUT2D eigenvalue weighted by atomic mass is 10.0. The van der Waals surface area contributed by atoms with Crippen LogP contribution in [0.2, 0.25) is 5.02 Å². The van der Waals surface area contributed by atoms with Crippen molar-refractivity contribution in [3.05, 3.63) is 107 Å². The Morgan fingerprint density at radius 2 is 1.68 bits per heavy atom. The van der Waals surface area contributed by atoms with E-state index in [4.69, 9.17) is 11.6 Å². The highest BCUT2D eigenvalue weighted by atomic mass is 35.5. The molecule has 1 N–H and O–H groups in total. The van der Waals surface area contributed by atoms with E-state index < -0.39 is 22.7 Å². The average molecular weight is 536 g/mol. The first-order valence-electron chi connectivity index (χ1n) is 11.2. The number of rotatable bonds is 5. The van der Waals surface area contributed by atoms with Crippen molar-refractivity contribution >= 4 is 40.0 Å². The van der Waals surface area contributed by atoms with Crippen molar-refractivity contribution in [2.75, 3.05) is 5.32 Å². The standard InChI is InChI=1S/C27H17ClF3N5O2/c1-36-14-18(12-33-36)24-13-32-22-8-6-16(11-23(22)35-24)25(37)15-3-2-4-19(9-15)34-26(38)17-5-7-21(28)20(10-17)27(29,30)31/h2-14H,1H3,(H,34,38). The molecule has 0 aliphatic carbocycles. The molecule has 0 aliphatic heterocycles. The number of nitrogens with one attached hydrogen (secondary N) is 1. The van der Waals surface area contributed by atoms with Gasteiger partial charge in [0.15, 0.2) is 5.78 Å². The van der Waals surface area contributed by atoms with E-state index in [0.717, 1.165) is 11.6 Å². The summed E-state index contributed by atoms with van der Waals surface area (Å²) in [5, 5.41) is 6.16. The van der Waals surface area contributed by atoms with Crippen LogP contribution in [0.25, 0.3) is 22.3 Å². The van der Waals surface area contributed by atoms with Crippen LogP contribution < -0.4 is 5.32 Å². The molecule has 2 heterocycles. The summed E-state index contributed by atoms with van der Waals surface area (Å²) in [5.74, 6) is -1.11.